The van der Waals surface area contributed by atoms with Crippen molar-refractivity contribution in [1.82, 2.24) is 24.9 Å². The highest BCUT2D eigenvalue weighted by Gasteiger charge is 2.43. The zero-order valence-electron chi connectivity index (χ0n) is 18.1. The van der Waals surface area contributed by atoms with Crippen molar-refractivity contribution in [1.29, 1.82) is 0 Å². The zero-order chi connectivity index (χ0) is 23.2. The van der Waals surface area contributed by atoms with Crippen molar-refractivity contribution in [2.75, 3.05) is 0 Å². The van der Waals surface area contributed by atoms with E-state index in [4.69, 9.17) is 0 Å². The molecule has 9 heteroatoms. The highest BCUT2D eigenvalue weighted by Crippen LogP contribution is 2.47. The summed E-state index contributed by atoms with van der Waals surface area (Å²) in [6.45, 7) is 2.13. The number of nitrogens with one attached hydrogen (secondary N) is 2. The molecule has 0 unspecified atom stereocenters. The van der Waals surface area contributed by atoms with Gasteiger partial charge in [-0.3, -0.25) is 14.0 Å². The van der Waals surface area contributed by atoms with Gasteiger partial charge < -0.3 is 5.32 Å². The maximum atomic E-state index is 13.9. The van der Waals surface area contributed by atoms with Gasteiger partial charge in [-0.2, -0.15) is 5.10 Å². The number of halogens is 2. The first kappa shape index (κ1) is 21.2. The maximum Gasteiger partial charge on any atom is 0.272 e. The van der Waals surface area contributed by atoms with Crippen LogP contribution in [-0.4, -0.2) is 31.5 Å². The molecule has 1 aliphatic carbocycles. The molecule has 1 aromatic carbocycles. The predicted molar refractivity (Wildman–Crippen MR) is 119 cm³/mol. The number of amides is 1. The Balaban J connectivity index is 1.26. The average Bonchev–Trinajstić information content (AvgIpc) is 3.21. The summed E-state index contributed by atoms with van der Waals surface area (Å²) < 4.78 is 28.6. The molecule has 0 bridgehead atoms. The van der Waals surface area contributed by atoms with Crippen molar-refractivity contribution in [3.05, 3.63) is 76.1 Å². The van der Waals surface area contributed by atoms with Crippen LogP contribution in [0.1, 0.15) is 48.8 Å². The van der Waals surface area contributed by atoms with Crippen LogP contribution in [0.4, 0.5) is 8.78 Å². The lowest BCUT2D eigenvalue weighted by Gasteiger charge is -2.48. The smallest absolute Gasteiger partial charge is 0.272 e. The Morgan fingerprint density at radius 2 is 2.03 bits per heavy atom. The van der Waals surface area contributed by atoms with Crippen LogP contribution in [0.15, 0.2) is 47.5 Å². The van der Waals surface area contributed by atoms with Gasteiger partial charge in [-0.05, 0) is 37.2 Å². The highest BCUT2D eigenvalue weighted by atomic mass is 19.1. The molecule has 0 spiro atoms. The molecule has 0 atom stereocenters. The number of hydrogen-bond donors (Lipinski definition) is 2. The fourth-order valence-electron chi connectivity index (χ4n) is 4.94. The van der Waals surface area contributed by atoms with Crippen molar-refractivity contribution in [2.45, 2.75) is 45.1 Å². The van der Waals surface area contributed by atoms with Gasteiger partial charge in [0.25, 0.3) is 11.5 Å². The summed E-state index contributed by atoms with van der Waals surface area (Å²) in [5.41, 5.74) is 0.743. The average molecular weight is 451 g/mol. The third kappa shape index (κ3) is 3.77. The molecular formula is C24H23F2N5O2. The summed E-state index contributed by atoms with van der Waals surface area (Å²) in [6, 6.07) is 8.15. The SMILES string of the molecule is CC[C@]1(CCc2n[nH]c(=O)c3ccccc23)C[C@H](NC(=O)c2cnc3c(F)cc(F)cn23)C1. The number of imidazole rings is 1. The van der Waals surface area contributed by atoms with Gasteiger partial charge in [0.2, 0.25) is 0 Å². The van der Waals surface area contributed by atoms with Gasteiger partial charge in [0.1, 0.15) is 11.5 Å². The first-order valence-corrected chi connectivity index (χ1v) is 11.0. The molecule has 0 aliphatic heterocycles. The molecule has 1 saturated carbocycles. The van der Waals surface area contributed by atoms with Gasteiger partial charge in [-0.25, -0.2) is 18.9 Å². The van der Waals surface area contributed by atoms with Crippen molar-refractivity contribution in [3.63, 3.8) is 0 Å². The second kappa shape index (κ2) is 8.06. The van der Waals surface area contributed by atoms with Crippen LogP contribution in [0, 0.1) is 17.0 Å². The number of pyridine rings is 1. The van der Waals surface area contributed by atoms with Gasteiger partial charge in [-0.15, -0.1) is 0 Å². The van der Waals surface area contributed by atoms with E-state index < -0.39 is 17.5 Å². The fraction of sp³-hybridized carbons (Fsp3) is 0.333. The van der Waals surface area contributed by atoms with Crippen LogP contribution in [0.5, 0.6) is 0 Å². The van der Waals surface area contributed by atoms with Gasteiger partial charge in [0.05, 0.1) is 17.3 Å². The maximum absolute atomic E-state index is 13.9. The number of fused-ring (bicyclic) bond motifs is 2. The Hall–Kier alpha value is -3.62. The van der Waals surface area contributed by atoms with E-state index in [9.17, 15) is 18.4 Å². The number of aromatic nitrogens is 4. The molecule has 33 heavy (non-hydrogen) atoms. The number of benzene rings is 1. The topological polar surface area (TPSA) is 92.1 Å². The number of aromatic amines is 1. The molecule has 3 aromatic heterocycles. The summed E-state index contributed by atoms with van der Waals surface area (Å²) in [6.07, 6.45) is 6.46. The summed E-state index contributed by atoms with van der Waals surface area (Å²) in [5.74, 6) is -1.99. The molecule has 1 fully saturated rings. The predicted octanol–water partition coefficient (Wildman–Crippen LogP) is 3.77. The standard InChI is InChI=1S/C24H23F2N5O2/c1-2-24(8-7-19-16-5-3-4-6-17(16)22(32)30-29-19)10-15(11-24)28-23(33)20-12-27-21-18(26)9-14(25)13-31(20)21/h3-6,9,12-13,15H,2,7-8,10-11H2,1H3,(H,28,33)(H,30,32)/t15-,24-. The van der Waals surface area contributed by atoms with Gasteiger partial charge >= 0.3 is 0 Å². The number of carbonyl (C=O) groups excluding carboxylic acids is 1. The third-order valence-corrected chi connectivity index (χ3v) is 6.87. The molecule has 7 nitrogen and oxygen atoms in total. The molecule has 3 heterocycles. The van der Waals surface area contributed by atoms with E-state index in [0.29, 0.717) is 5.39 Å². The Morgan fingerprint density at radius 1 is 1.27 bits per heavy atom. The number of aryl methyl sites for hydroxylation is 1. The highest BCUT2D eigenvalue weighted by molar-refractivity contribution is 5.93. The van der Waals surface area contributed by atoms with Crippen molar-refractivity contribution < 1.29 is 13.6 Å². The summed E-state index contributed by atoms with van der Waals surface area (Å²) in [4.78, 5) is 28.7. The first-order chi connectivity index (χ1) is 15.9. The molecule has 170 valence electrons. The molecule has 1 amide bonds. The van der Waals surface area contributed by atoms with Crippen molar-refractivity contribution >= 4 is 22.3 Å². The number of carbonyl (C=O) groups is 1. The second-order valence-electron chi connectivity index (χ2n) is 8.82. The quantitative estimate of drug-likeness (QED) is 0.467. The molecule has 0 radical (unpaired) electrons. The van der Waals surface area contributed by atoms with Crippen LogP contribution >= 0.6 is 0 Å². The molecule has 0 saturated heterocycles. The van der Waals surface area contributed by atoms with E-state index in [1.807, 2.05) is 18.2 Å². The minimum absolute atomic E-state index is 0.0262. The number of rotatable bonds is 6. The van der Waals surface area contributed by atoms with E-state index in [-0.39, 0.29) is 28.4 Å². The largest absolute Gasteiger partial charge is 0.348 e. The van der Waals surface area contributed by atoms with E-state index in [2.05, 4.69) is 27.4 Å². The number of nitrogens with zero attached hydrogens (tertiary/aromatic N) is 3. The molecule has 4 aromatic rings. The van der Waals surface area contributed by atoms with E-state index >= 15 is 0 Å². The third-order valence-electron chi connectivity index (χ3n) is 6.87. The normalized spacial score (nSPS) is 20.2. The Bertz CT molecular complexity index is 1420. The second-order valence-corrected chi connectivity index (χ2v) is 8.82. The lowest BCUT2D eigenvalue weighted by atomic mass is 9.61. The molecular weight excluding hydrogens is 428 g/mol. The molecule has 2 N–H and O–H groups in total. The summed E-state index contributed by atoms with van der Waals surface area (Å²) in [7, 11) is 0. The zero-order valence-corrected chi connectivity index (χ0v) is 18.1. The summed E-state index contributed by atoms with van der Waals surface area (Å²) in [5, 5.41) is 11.3. The number of hydrogen-bond acceptors (Lipinski definition) is 4. The lowest BCUT2D eigenvalue weighted by molar-refractivity contribution is 0.0568. The van der Waals surface area contributed by atoms with E-state index in [0.717, 1.165) is 59.8 Å². The Morgan fingerprint density at radius 3 is 2.79 bits per heavy atom. The van der Waals surface area contributed by atoms with Crippen LogP contribution in [0.3, 0.4) is 0 Å². The number of H-pyrrole nitrogens is 1. The van der Waals surface area contributed by atoms with E-state index in [1.165, 1.54) is 6.20 Å². The van der Waals surface area contributed by atoms with Crippen molar-refractivity contribution in [2.24, 2.45) is 5.41 Å². The molecule has 1 aliphatic rings. The molecule has 5 rings (SSSR count). The van der Waals surface area contributed by atoms with Crippen LogP contribution in [0.2, 0.25) is 0 Å². The monoisotopic (exact) mass is 451 g/mol. The van der Waals surface area contributed by atoms with Crippen LogP contribution in [-0.2, 0) is 6.42 Å². The van der Waals surface area contributed by atoms with Crippen molar-refractivity contribution in [3.8, 4) is 0 Å². The Kier molecular flexibility index (Phi) is 5.19. The first-order valence-electron chi connectivity index (χ1n) is 11.0. The van der Waals surface area contributed by atoms with Gasteiger partial charge in [0.15, 0.2) is 11.5 Å². The fourth-order valence-corrected chi connectivity index (χ4v) is 4.94. The van der Waals surface area contributed by atoms with Gasteiger partial charge in [-0.1, -0.05) is 31.5 Å². The van der Waals surface area contributed by atoms with E-state index in [1.54, 1.807) is 6.07 Å². The summed E-state index contributed by atoms with van der Waals surface area (Å²) >= 11 is 0. The Labute approximate surface area is 187 Å². The van der Waals surface area contributed by atoms with Crippen LogP contribution < -0.4 is 10.9 Å². The lowest BCUT2D eigenvalue weighted by Crippen LogP contribution is -2.51. The minimum atomic E-state index is -0.814. The minimum Gasteiger partial charge on any atom is -0.348 e. The van der Waals surface area contributed by atoms with Crippen LogP contribution in [0.25, 0.3) is 16.4 Å². The van der Waals surface area contributed by atoms with Gasteiger partial charge in [0, 0.05) is 23.7 Å².